The first-order valence-corrected chi connectivity index (χ1v) is 6.99. The summed E-state index contributed by atoms with van der Waals surface area (Å²) in [6, 6.07) is 4.01. The lowest BCUT2D eigenvalue weighted by atomic mass is 10.0. The number of hydrogen-bond donors (Lipinski definition) is 1. The van der Waals surface area contributed by atoms with Crippen LogP contribution >= 0.6 is 22.9 Å². The first-order valence-electron chi connectivity index (χ1n) is 5.79. The summed E-state index contributed by atoms with van der Waals surface area (Å²) in [4.78, 5) is 3.29. The fraction of sp³-hybridized carbons (Fsp3) is 0.308. The standard InChI is InChI=1S/C13H13ClN2OS/c1-16-5-4-8-10(14)2-3-11-13(8)9(7-16)12(18-11)6-15-17/h2-3,6,17H,4-5,7H2,1H3. The van der Waals surface area contributed by atoms with E-state index in [0.29, 0.717) is 0 Å². The van der Waals surface area contributed by atoms with Crippen molar-refractivity contribution in [1.82, 2.24) is 4.90 Å². The number of thiophene rings is 1. The zero-order valence-electron chi connectivity index (χ0n) is 9.98. The van der Waals surface area contributed by atoms with Gasteiger partial charge in [-0.2, -0.15) is 0 Å². The molecule has 0 saturated carbocycles. The Labute approximate surface area is 114 Å². The number of nitrogens with zero attached hydrogens (tertiary/aromatic N) is 2. The molecule has 3 rings (SSSR count). The summed E-state index contributed by atoms with van der Waals surface area (Å²) >= 11 is 7.97. The summed E-state index contributed by atoms with van der Waals surface area (Å²) < 4.78 is 1.22. The minimum Gasteiger partial charge on any atom is -0.411 e. The molecule has 0 atom stereocenters. The van der Waals surface area contributed by atoms with Gasteiger partial charge in [0.1, 0.15) is 0 Å². The Morgan fingerprint density at radius 2 is 2.28 bits per heavy atom. The Bertz CT molecular complexity index is 635. The lowest BCUT2D eigenvalue weighted by molar-refractivity contribution is 0.321. The Morgan fingerprint density at radius 1 is 1.44 bits per heavy atom. The molecule has 0 fully saturated rings. The normalized spacial score (nSPS) is 16.6. The first-order chi connectivity index (χ1) is 8.70. The minimum atomic E-state index is 0.837. The van der Waals surface area contributed by atoms with E-state index in [2.05, 4.69) is 23.2 Å². The predicted octanol–water partition coefficient (Wildman–Crippen LogP) is 3.35. The zero-order valence-corrected chi connectivity index (χ0v) is 11.6. The molecular formula is C13H13ClN2OS. The highest BCUT2D eigenvalue weighted by molar-refractivity contribution is 7.20. The number of oxime groups is 1. The van der Waals surface area contributed by atoms with Crippen LogP contribution in [0.4, 0.5) is 0 Å². The molecule has 0 radical (unpaired) electrons. The summed E-state index contributed by atoms with van der Waals surface area (Å²) in [5.74, 6) is 0. The average molecular weight is 281 g/mol. The maximum absolute atomic E-state index is 8.78. The van der Waals surface area contributed by atoms with E-state index in [9.17, 15) is 0 Å². The molecule has 1 aliphatic rings. The Kier molecular flexibility index (Phi) is 3.01. The van der Waals surface area contributed by atoms with Gasteiger partial charge in [-0.25, -0.2) is 0 Å². The van der Waals surface area contributed by atoms with Crippen LogP contribution in [0.3, 0.4) is 0 Å². The van der Waals surface area contributed by atoms with Crippen LogP contribution in [0.2, 0.25) is 5.02 Å². The molecule has 1 N–H and O–H groups in total. The van der Waals surface area contributed by atoms with Crippen LogP contribution < -0.4 is 0 Å². The molecule has 2 aromatic rings. The molecule has 1 aliphatic heterocycles. The van der Waals surface area contributed by atoms with E-state index in [1.165, 1.54) is 27.4 Å². The van der Waals surface area contributed by atoms with Crippen LogP contribution in [-0.2, 0) is 13.0 Å². The Morgan fingerprint density at radius 3 is 3.06 bits per heavy atom. The molecule has 1 aromatic carbocycles. The third-order valence-electron chi connectivity index (χ3n) is 3.38. The molecule has 5 heteroatoms. The molecule has 3 nitrogen and oxygen atoms in total. The fourth-order valence-electron chi connectivity index (χ4n) is 2.53. The minimum absolute atomic E-state index is 0.837. The number of likely N-dealkylation sites (N-methyl/N-ethyl adjacent to an activating group) is 1. The molecule has 0 aliphatic carbocycles. The highest BCUT2D eigenvalue weighted by Gasteiger charge is 2.21. The van der Waals surface area contributed by atoms with Crippen molar-refractivity contribution in [2.45, 2.75) is 13.0 Å². The molecular weight excluding hydrogens is 268 g/mol. The van der Waals surface area contributed by atoms with Crippen molar-refractivity contribution in [3.05, 3.63) is 33.2 Å². The molecule has 94 valence electrons. The second-order valence-electron chi connectivity index (χ2n) is 4.58. The molecule has 0 unspecified atom stereocenters. The maximum atomic E-state index is 8.78. The lowest BCUT2D eigenvalue weighted by Gasteiger charge is -2.13. The van der Waals surface area contributed by atoms with Gasteiger partial charge in [0.15, 0.2) is 0 Å². The third kappa shape index (κ3) is 1.81. The maximum Gasteiger partial charge on any atom is 0.0837 e. The van der Waals surface area contributed by atoms with E-state index in [1.807, 2.05) is 6.07 Å². The summed E-state index contributed by atoms with van der Waals surface area (Å²) in [5.41, 5.74) is 2.45. The van der Waals surface area contributed by atoms with Gasteiger partial charge in [-0.15, -0.1) is 11.3 Å². The highest BCUT2D eigenvalue weighted by Crippen LogP contribution is 2.38. The average Bonchev–Trinajstić information content (AvgIpc) is 2.56. The molecule has 0 amide bonds. The fourth-order valence-corrected chi connectivity index (χ4v) is 3.89. The van der Waals surface area contributed by atoms with Gasteiger partial charge in [0.05, 0.1) is 11.1 Å². The molecule has 18 heavy (non-hydrogen) atoms. The molecule has 0 spiro atoms. The van der Waals surface area contributed by atoms with Crippen LogP contribution in [-0.4, -0.2) is 29.9 Å². The number of halogens is 1. The zero-order chi connectivity index (χ0) is 12.7. The van der Waals surface area contributed by atoms with Crippen LogP contribution in [0.15, 0.2) is 17.3 Å². The van der Waals surface area contributed by atoms with Gasteiger partial charge in [0.25, 0.3) is 0 Å². The molecule has 1 aromatic heterocycles. The topological polar surface area (TPSA) is 35.8 Å². The lowest BCUT2D eigenvalue weighted by Crippen LogP contribution is -2.18. The van der Waals surface area contributed by atoms with Crippen molar-refractivity contribution in [3.8, 4) is 0 Å². The van der Waals surface area contributed by atoms with E-state index >= 15 is 0 Å². The number of hydrogen-bond acceptors (Lipinski definition) is 4. The van der Waals surface area contributed by atoms with E-state index < -0.39 is 0 Å². The van der Waals surface area contributed by atoms with Crippen molar-refractivity contribution < 1.29 is 5.21 Å². The van der Waals surface area contributed by atoms with Gasteiger partial charge >= 0.3 is 0 Å². The van der Waals surface area contributed by atoms with Crippen molar-refractivity contribution in [3.63, 3.8) is 0 Å². The van der Waals surface area contributed by atoms with E-state index in [-0.39, 0.29) is 0 Å². The summed E-state index contributed by atoms with van der Waals surface area (Å²) in [6.45, 7) is 1.86. The van der Waals surface area contributed by atoms with E-state index in [0.717, 1.165) is 29.4 Å². The van der Waals surface area contributed by atoms with E-state index in [1.54, 1.807) is 11.3 Å². The third-order valence-corrected chi connectivity index (χ3v) is 4.87. The first kappa shape index (κ1) is 12.0. The summed E-state index contributed by atoms with van der Waals surface area (Å²) in [7, 11) is 2.10. The van der Waals surface area contributed by atoms with Gasteiger partial charge in [0, 0.05) is 28.2 Å². The van der Waals surface area contributed by atoms with E-state index in [4.69, 9.17) is 16.8 Å². The number of benzene rings is 1. The quantitative estimate of drug-likeness (QED) is 0.494. The predicted molar refractivity (Wildman–Crippen MR) is 76.3 cm³/mol. The van der Waals surface area contributed by atoms with Gasteiger partial charge in [-0.1, -0.05) is 16.8 Å². The Hall–Kier alpha value is -1.10. The van der Waals surface area contributed by atoms with Crippen LogP contribution in [0, 0.1) is 0 Å². The molecule has 0 bridgehead atoms. The highest BCUT2D eigenvalue weighted by atomic mass is 35.5. The van der Waals surface area contributed by atoms with Crippen molar-refractivity contribution in [1.29, 1.82) is 0 Å². The smallest absolute Gasteiger partial charge is 0.0837 e. The van der Waals surface area contributed by atoms with Crippen LogP contribution in [0.5, 0.6) is 0 Å². The summed E-state index contributed by atoms with van der Waals surface area (Å²) in [6.07, 6.45) is 2.49. The van der Waals surface area contributed by atoms with Gasteiger partial charge in [0.2, 0.25) is 0 Å². The molecule has 0 saturated heterocycles. The van der Waals surface area contributed by atoms with Gasteiger partial charge < -0.3 is 10.1 Å². The monoisotopic (exact) mass is 280 g/mol. The summed E-state index contributed by atoms with van der Waals surface area (Å²) in [5, 5.41) is 14.0. The van der Waals surface area contributed by atoms with Gasteiger partial charge in [-0.3, -0.25) is 0 Å². The second kappa shape index (κ2) is 4.53. The largest absolute Gasteiger partial charge is 0.411 e. The number of rotatable bonds is 1. The van der Waals surface area contributed by atoms with Crippen molar-refractivity contribution >= 4 is 39.2 Å². The molecule has 2 heterocycles. The van der Waals surface area contributed by atoms with Crippen molar-refractivity contribution in [2.75, 3.05) is 13.6 Å². The van der Waals surface area contributed by atoms with Crippen LogP contribution in [0.25, 0.3) is 10.1 Å². The van der Waals surface area contributed by atoms with Crippen LogP contribution in [0.1, 0.15) is 16.0 Å². The van der Waals surface area contributed by atoms with Gasteiger partial charge in [-0.05, 0) is 36.7 Å². The SMILES string of the molecule is CN1CCc2c(Cl)ccc3sc(C=NO)c(c23)C1. The van der Waals surface area contributed by atoms with Crippen molar-refractivity contribution in [2.24, 2.45) is 5.16 Å². The Balaban J connectivity index is 2.35. The second-order valence-corrected chi connectivity index (χ2v) is 6.07.